The van der Waals surface area contributed by atoms with Gasteiger partial charge in [0, 0.05) is 24.9 Å². The maximum absolute atomic E-state index is 11.1. The van der Waals surface area contributed by atoms with Gasteiger partial charge in [-0.1, -0.05) is 18.2 Å². The molecule has 1 amide bonds. The summed E-state index contributed by atoms with van der Waals surface area (Å²) in [6.45, 7) is 7.79. The number of likely N-dealkylation sites (tertiary alicyclic amines) is 1. The number of carbonyl (C=O) groups is 1. The van der Waals surface area contributed by atoms with Crippen molar-refractivity contribution in [3.05, 3.63) is 46.0 Å². The number of amides is 1. The van der Waals surface area contributed by atoms with E-state index >= 15 is 0 Å². The molecule has 0 bridgehead atoms. The Bertz CT molecular complexity index is 710. The highest BCUT2D eigenvalue weighted by Gasteiger charge is 2.26. The Morgan fingerprint density at radius 1 is 1.39 bits per heavy atom. The molecule has 4 nitrogen and oxygen atoms in total. The van der Waals surface area contributed by atoms with Crippen molar-refractivity contribution in [1.82, 2.24) is 9.88 Å². The summed E-state index contributed by atoms with van der Waals surface area (Å²) in [5.74, 6) is -0.0694. The molecule has 1 fully saturated rings. The van der Waals surface area contributed by atoms with Crippen molar-refractivity contribution in [3.63, 3.8) is 0 Å². The Labute approximate surface area is 141 Å². The highest BCUT2D eigenvalue weighted by Crippen LogP contribution is 2.34. The summed E-state index contributed by atoms with van der Waals surface area (Å²) in [5, 5.41) is 5.49. The molecule has 1 aliphatic heterocycles. The van der Waals surface area contributed by atoms with Crippen LogP contribution in [0, 0.1) is 13.8 Å². The van der Waals surface area contributed by atoms with Gasteiger partial charge in [-0.15, -0.1) is 11.3 Å². The quantitative estimate of drug-likeness (QED) is 0.920. The fourth-order valence-corrected chi connectivity index (χ4v) is 3.91. The van der Waals surface area contributed by atoms with E-state index in [1.165, 1.54) is 47.8 Å². The molecular weight excluding hydrogens is 306 g/mol. The minimum atomic E-state index is -0.0694. The Hall–Kier alpha value is -1.72. The number of hydrogen-bond acceptors (Lipinski definition) is 4. The van der Waals surface area contributed by atoms with Crippen LogP contribution in [0.5, 0.6) is 0 Å². The van der Waals surface area contributed by atoms with Crippen LogP contribution in [0.4, 0.5) is 5.13 Å². The van der Waals surface area contributed by atoms with Gasteiger partial charge in [0.15, 0.2) is 5.13 Å². The summed E-state index contributed by atoms with van der Waals surface area (Å²) < 4.78 is 0. The van der Waals surface area contributed by atoms with Crippen LogP contribution >= 0.6 is 11.3 Å². The highest BCUT2D eigenvalue weighted by molar-refractivity contribution is 7.13. The van der Waals surface area contributed by atoms with E-state index in [0.717, 1.165) is 18.8 Å². The number of aromatic nitrogens is 1. The molecule has 1 saturated heterocycles. The lowest BCUT2D eigenvalue weighted by molar-refractivity contribution is -0.114. The van der Waals surface area contributed by atoms with Crippen LogP contribution in [-0.4, -0.2) is 22.3 Å². The molecule has 122 valence electrons. The molecule has 0 aliphatic carbocycles. The number of thiazole rings is 1. The van der Waals surface area contributed by atoms with Crippen molar-refractivity contribution in [2.75, 3.05) is 11.9 Å². The molecule has 2 aromatic rings. The molecule has 1 aromatic heterocycles. The van der Waals surface area contributed by atoms with Gasteiger partial charge in [0.1, 0.15) is 0 Å². The molecule has 1 aromatic carbocycles. The van der Waals surface area contributed by atoms with E-state index in [9.17, 15) is 4.79 Å². The van der Waals surface area contributed by atoms with Crippen molar-refractivity contribution in [2.24, 2.45) is 0 Å². The van der Waals surface area contributed by atoms with Crippen LogP contribution in [0.25, 0.3) is 0 Å². The van der Waals surface area contributed by atoms with E-state index in [4.69, 9.17) is 0 Å². The van der Waals surface area contributed by atoms with Gasteiger partial charge in [-0.05, 0) is 49.9 Å². The van der Waals surface area contributed by atoms with E-state index in [1.807, 2.05) is 5.38 Å². The molecule has 1 atom stereocenters. The average Bonchev–Trinajstić information content (AvgIpc) is 3.11. The van der Waals surface area contributed by atoms with Gasteiger partial charge in [0.05, 0.1) is 5.69 Å². The number of benzene rings is 1. The lowest BCUT2D eigenvalue weighted by atomic mass is 9.99. The van der Waals surface area contributed by atoms with Gasteiger partial charge in [0.25, 0.3) is 0 Å². The van der Waals surface area contributed by atoms with Gasteiger partial charge in [-0.25, -0.2) is 4.98 Å². The molecule has 5 heteroatoms. The first-order chi connectivity index (χ1) is 11.0. The van der Waals surface area contributed by atoms with Crippen LogP contribution in [-0.2, 0) is 11.3 Å². The lowest BCUT2D eigenvalue weighted by Crippen LogP contribution is -2.23. The number of hydrogen-bond donors (Lipinski definition) is 1. The predicted octanol–water partition coefficient (Wildman–Crippen LogP) is 4.06. The van der Waals surface area contributed by atoms with E-state index in [0.29, 0.717) is 11.2 Å². The Balaban J connectivity index is 1.72. The molecule has 1 aliphatic rings. The van der Waals surface area contributed by atoms with Crippen molar-refractivity contribution >= 4 is 22.4 Å². The topological polar surface area (TPSA) is 45.2 Å². The minimum Gasteiger partial charge on any atom is -0.302 e. The third kappa shape index (κ3) is 3.79. The minimum absolute atomic E-state index is 0.0694. The molecule has 1 N–H and O–H groups in total. The summed E-state index contributed by atoms with van der Waals surface area (Å²) in [6.07, 6.45) is 2.42. The van der Waals surface area contributed by atoms with Gasteiger partial charge in [0.2, 0.25) is 5.91 Å². The van der Waals surface area contributed by atoms with Crippen LogP contribution < -0.4 is 5.32 Å². The fourth-order valence-electron chi connectivity index (χ4n) is 3.16. The highest BCUT2D eigenvalue weighted by atomic mass is 32.1. The summed E-state index contributed by atoms with van der Waals surface area (Å²) in [4.78, 5) is 18.1. The van der Waals surface area contributed by atoms with Crippen molar-refractivity contribution < 1.29 is 4.79 Å². The van der Waals surface area contributed by atoms with E-state index < -0.39 is 0 Å². The van der Waals surface area contributed by atoms with Gasteiger partial charge >= 0.3 is 0 Å². The summed E-state index contributed by atoms with van der Waals surface area (Å²) >= 11 is 1.49. The van der Waals surface area contributed by atoms with Crippen LogP contribution in [0.1, 0.15) is 48.2 Å². The number of rotatable bonds is 4. The second-order valence-corrected chi connectivity index (χ2v) is 7.16. The first-order valence-corrected chi connectivity index (χ1v) is 8.94. The monoisotopic (exact) mass is 329 g/mol. The maximum Gasteiger partial charge on any atom is 0.223 e. The van der Waals surface area contributed by atoms with Crippen molar-refractivity contribution in [3.8, 4) is 0 Å². The maximum atomic E-state index is 11.1. The van der Waals surface area contributed by atoms with Crippen LogP contribution in [0.15, 0.2) is 23.6 Å². The molecule has 0 saturated carbocycles. The molecular formula is C18H23N3OS. The lowest BCUT2D eigenvalue weighted by Gasteiger charge is -2.24. The standard InChI is InChI=1S/C18H23N3OS/c1-12-6-7-15(9-13(12)2)17-5-4-8-21(17)10-16-11-23-18(20-16)19-14(3)22/h6-7,9,11,17H,4-5,8,10H2,1-3H3,(H,19,20,22)/t17-/m1/s1. The Kier molecular flexibility index (Phi) is 4.78. The van der Waals surface area contributed by atoms with E-state index in [-0.39, 0.29) is 5.91 Å². The zero-order valence-corrected chi connectivity index (χ0v) is 14.7. The summed E-state index contributed by atoms with van der Waals surface area (Å²) in [6, 6.07) is 7.27. The average molecular weight is 329 g/mol. The zero-order chi connectivity index (χ0) is 16.4. The first-order valence-electron chi connectivity index (χ1n) is 8.06. The molecule has 0 unspecified atom stereocenters. The SMILES string of the molecule is CC(=O)Nc1nc(CN2CCC[C@@H]2c2ccc(C)c(C)c2)cs1. The number of aryl methyl sites for hydroxylation is 2. The molecule has 2 heterocycles. The number of nitrogens with zero attached hydrogens (tertiary/aromatic N) is 2. The second kappa shape index (κ2) is 6.81. The van der Waals surface area contributed by atoms with E-state index in [2.05, 4.69) is 47.2 Å². The molecule has 0 radical (unpaired) electrons. The smallest absolute Gasteiger partial charge is 0.223 e. The largest absolute Gasteiger partial charge is 0.302 e. The predicted molar refractivity (Wildman–Crippen MR) is 94.7 cm³/mol. The molecule has 23 heavy (non-hydrogen) atoms. The fraction of sp³-hybridized carbons (Fsp3) is 0.444. The molecule has 0 spiro atoms. The Morgan fingerprint density at radius 3 is 2.96 bits per heavy atom. The van der Waals surface area contributed by atoms with Crippen LogP contribution in [0.2, 0.25) is 0 Å². The molecule has 3 rings (SSSR count). The third-order valence-electron chi connectivity index (χ3n) is 4.48. The zero-order valence-electron chi connectivity index (χ0n) is 13.9. The normalized spacial score (nSPS) is 18.3. The van der Waals surface area contributed by atoms with E-state index in [1.54, 1.807) is 0 Å². The Morgan fingerprint density at radius 2 is 2.22 bits per heavy atom. The summed E-state index contributed by atoms with van der Waals surface area (Å²) in [5.41, 5.74) is 5.14. The van der Waals surface area contributed by atoms with Crippen molar-refractivity contribution in [2.45, 2.75) is 46.2 Å². The second-order valence-electron chi connectivity index (χ2n) is 6.30. The number of anilines is 1. The third-order valence-corrected chi connectivity index (χ3v) is 5.29. The summed E-state index contributed by atoms with van der Waals surface area (Å²) in [7, 11) is 0. The van der Waals surface area contributed by atoms with Gasteiger partial charge < -0.3 is 5.32 Å². The van der Waals surface area contributed by atoms with Crippen LogP contribution in [0.3, 0.4) is 0 Å². The number of carbonyl (C=O) groups excluding carboxylic acids is 1. The number of nitrogens with one attached hydrogen (secondary N) is 1. The van der Waals surface area contributed by atoms with Gasteiger partial charge in [-0.2, -0.15) is 0 Å². The van der Waals surface area contributed by atoms with Crippen molar-refractivity contribution in [1.29, 1.82) is 0 Å². The first kappa shape index (κ1) is 16.1. The van der Waals surface area contributed by atoms with Gasteiger partial charge in [-0.3, -0.25) is 9.69 Å².